The summed E-state index contributed by atoms with van der Waals surface area (Å²) >= 11 is 6.59. The van der Waals surface area contributed by atoms with E-state index in [9.17, 15) is 4.79 Å². The number of carbonyl (C=O) groups is 1. The van der Waals surface area contributed by atoms with Gasteiger partial charge in [0.2, 0.25) is 0 Å². The molecule has 0 atom stereocenters. The maximum atomic E-state index is 12.4. The maximum Gasteiger partial charge on any atom is 0.266 e. The van der Waals surface area contributed by atoms with Gasteiger partial charge in [-0.3, -0.25) is 9.69 Å². The molecule has 0 unspecified atom stereocenters. The Morgan fingerprint density at radius 1 is 1.07 bits per heavy atom. The van der Waals surface area contributed by atoms with Crippen molar-refractivity contribution in [3.8, 4) is 11.5 Å². The van der Waals surface area contributed by atoms with E-state index >= 15 is 0 Å². The Kier molecular flexibility index (Phi) is 6.53. The largest absolute Gasteiger partial charge is 0.490 e. The van der Waals surface area contributed by atoms with E-state index in [1.807, 2.05) is 68.5 Å². The minimum absolute atomic E-state index is 0.0464. The molecule has 27 heavy (non-hydrogen) atoms. The quantitative estimate of drug-likeness (QED) is 0.490. The molecule has 6 heteroatoms. The first-order valence-electron chi connectivity index (χ1n) is 8.81. The maximum absolute atomic E-state index is 12.4. The fraction of sp³-hybridized carbons (Fsp3) is 0.238. The van der Waals surface area contributed by atoms with Gasteiger partial charge in [0.1, 0.15) is 10.9 Å². The highest BCUT2D eigenvalue weighted by Crippen LogP contribution is 2.35. The van der Waals surface area contributed by atoms with E-state index in [0.717, 1.165) is 11.1 Å². The Morgan fingerprint density at radius 2 is 1.85 bits per heavy atom. The summed E-state index contributed by atoms with van der Waals surface area (Å²) in [5.74, 6) is 1.29. The van der Waals surface area contributed by atoms with Crippen LogP contribution in [0.4, 0.5) is 0 Å². The van der Waals surface area contributed by atoms with Crippen molar-refractivity contribution in [3.63, 3.8) is 0 Å². The average Bonchev–Trinajstić information content (AvgIpc) is 2.95. The highest BCUT2D eigenvalue weighted by Gasteiger charge is 2.30. The third-order valence-electron chi connectivity index (χ3n) is 3.99. The predicted molar refractivity (Wildman–Crippen MR) is 114 cm³/mol. The molecule has 0 aromatic heterocycles. The first-order chi connectivity index (χ1) is 13.1. The second kappa shape index (κ2) is 9.06. The lowest BCUT2D eigenvalue weighted by atomic mass is 10.1. The Hall–Kier alpha value is -2.31. The van der Waals surface area contributed by atoms with Gasteiger partial charge < -0.3 is 9.47 Å². The summed E-state index contributed by atoms with van der Waals surface area (Å²) in [4.78, 5) is 14.6. The van der Waals surface area contributed by atoms with Crippen LogP contribution in [-0.2, 0) is 11.4 Å². The molecule has 0 saturated carbocycles. The summed E-state index contributed by atoms with van der Waals surface area (Å²) in [6.07, 6.45) is 1.85. The predicted octanol–water partition coefficient (Wildman–Crippen LogP) is 4.89. The summed E-state index contributed by atoms with van der Waals surface area (Å²) in [5, 5.41) is 0. The highest BCUT2D eigenvalue weighted by atomic mass is 32.2. The molecule has 1 saturated heterocycles. The van der Waals surface area contributed by atoms with Crippen molar-refractivity contribution in [2.24, 2.45) is 0 Å². The highest BCUT2D eigenvalue weighted by molar-refractivity contribution is 8.26. The number of thiocarbonyl (C=S) groups is 1. The van der Waals surface area contributed by atoms with Crippen LogP contribution in [0.1, 0.15) is 25.0 Å². The fourth-order valence-corrected chi connectivity index (χ4v) is 4.05. The minimum Gasteiger partial charge on any atom is -0.490 e. The molecule has 1 heterocycles. The van der Waals surface area contributed by atoms with Crippen LogP contribution in [-0.4, -0.2) is 28.3 Å². The van der Waals surface area contributed by atoms with Crippen LogP contribution in [0, 0.1) is 0 Å². The summed E-state index contributed by atoms with van der Waals surface area (Å²) in [6, 6.07) is 15.7. The van der Waals surface area contributed by atoms with Crippen molar-refractivity contribution in [1.29, 1.82) is 0 Å². The SMILES string of the molecule is CCOc1cc(/C=C2\SC(=S)N(CC)C2=O)ccc1OCc1ccccc1. The summed E-state index contributed by atoms with van der Waals surface area (Å²) in [6.45, 7) is 5.43. The van der Waals surface area contributed by atoms with Crippen LogP contribution in [0.2, 0.25) is 0 Å². The van der Waals surface area contributed by atoms with Crippen LogP contribution in [0.3, 0.4) is 0 Å². The molecule has 1 fully saturated rings. The van der Waals surface area contributed by atoms with E-state index < -0.39 is 0 Å². The van der Waals surface area contributed by atoms with Crippen LogP contribution in [0.5, 0.6) is 11.5 Å². The molecule has 1 amide bonds. The lowest BCUT2D eigenvalue weighted by Gasteiger charge is -2.13. The molecule has 2 aromatic carbocycles. The second-order valence-corrected chi connectivity index (χ2v) is 7.52. The minimum atomic E-state index is -0.0464. The number of benzene rings is 2. The zero-order chi connectivity index (χ0) is 19.2. The van der Waals surface area contributed by atoms with Crippen LogP contribution < -0.4 is 9.47 Å². The number of likely N-dealkylation sites (N-methyl/N-ethyl adjacent to an activating group) is 1. The fourth-order valence-electron chi connectivity index (χ4n) is 2.66. The molecule has 0 bridgehead atoms. The number of hydrogen-bond donors (Lipinski definition) is 0. The van der Waals surface area contributed by atoms with E-state index in [4.69, 9.17) is 21.7 Å². The van der Waals surface area contributed by atoms with Gasteiger partial charge in [0.15, 0.2) is 11.5 Å². The monoisotopic (exact) mass is 399 g/mol. The number of rotatable bonds is 7. The summed E-state index contributed by atoms with van der Waals surface area (Å²) in [5.41, 5.74) is 1.97. The van der Waals surface area contributed by atoms with Crippen LogP contribution in [0.15, 0.2) is 53.4 Å². The third-order valence-corrected chi connectivity index (χ3v) is 5.37. The third kappa shape index (κ3) is 4.70. The van der Waals surface area contributed by atoms with Crippen molar-refractivity contribution in [3.05, 3.63) is 64.6 Å². The van der Waals surface area contributed by atoms with Gasteiger partial charge in [-0.05, 0) is 43.2 Å². The van der Waals surface area contributed by atoms with Gasteiger partial charge >= 0.3 is 0 Å². The molecule has 1 aliphatic heterocycles. The number of hydrogen-bond acceptors (Lipinski definition) is 5. The van der Waals surface area contributed by atoms with Gasteiger partial charge in [-0.1, -0.05) is 60.4 Å². The first-order valence-corrected chi connectivity index (χ1v) is 10.0. The van der Waals surface area contributed by atoms with Gasteiger partial charge in [0, 0.05) is 6.54 Å². The van der Waals surface area contributed by atoms with E-state index in [-0.39, 0.29) is 5.91 Å². The second-order valence-electron chi connectivity index (χ2n) is 5.84. The molecule has 3 rings (SSSR count). The zero-order valence-electron chi connectivity index (χ0n) is 15.3. The van der Waals surface area contributed by atoms with E-state index in [2.05, 4.69) is 0 Å². The standard InChI is InChI=1S/C21H21NO3S2/c1-3-22-20(23)19(27-21(22)26)13-16-10-11-17(18(12-16)24-4-2)25-14-15-8-6-5-7-9-15/h5-13H,3-4,14H2,1-2H3/b19-13-. The van der Waals surface area contributed by atoms with Crippen molar-refractivity contribution >= 4 is 40.3 Å². The normalized spacial score (nSPS) is 15.5. The van der Waals surface area contributed by atoms with Gasteiger partial charge in [0.25, 0.3) is 5.91 Å². The zero-order valence-corrected chi connectivity index (χ0v) is 16.9. The topological polar surface area (TPSA) is 38.8 Å². The Balaban J connectivity index is 1.80. The van der Waals surface area contributed by atoms with Crippen LogP contribution in [0.25, 0.3) is 6.08 Å². The number of amides is 1. The molecule has 0 aliphatic carbocycles. The van der Waals surface area contributed by atoms with Crippen LogP contribution >= 0.6 is 24.0 Å². The van der Waals surface area contributed by atoms with Gasteiger partial charge in [-0.15, -0.1) is 0 Å². The number of nitrogens with zero attached hydrogens (tertiary/aromatic N) is 1. The molecule has 2 aromatic rings. The first kappa shape index (κ1) is 19.5. The van der Waals surface area contributed by atoms with E-state index in [1.165, 1.54) is 11.8 Å². The molecule has 0 radical (unpaired) electrons. The molecule has 0 spiro atoms. The lowest BCUT2D eigenvalue weighted by Crippen LogP contribution is -2.27. The number of ether oxygens (including phenoxy) is 2. The lowest BCUT2D eigenvalue weighted by molar-refractivity contribution is -0.121. The molecule has 1 aliphatic rings. The molecule has 140 valence electrons. The van der Waals surface area contributed by atoms with Gasteiger partial charge in [0.05, 0.1) is 11.5 Å². The Bertz CT molecular complexity index is 865. The van der Waals surface area contributed by atoms with Gasteiger partial charge in [-0.2, -0.15) is 0 Å². The van der Waals surface area contributed by atoms with Crippen molar-refractivity contribution in [1.82, 2.24) is 4.90 Å². The van der Waals surface area contributed by atoms with Crippen molar-refractivity contribution in [2.45, 2.75) is 20.5 Å². The average molecular weight is 400 g/mol. The molecular weight excluding hydrogens is 378 g/mol. The smallest absolute Gasteiger partial charge is 0.266 e. The summed E-state index contributed by atoms with van der Waals surface area (Å²) in [7, 11) is 0. The molecular formula is C21H21NO3S2. The summed E-state index contributed by atoms with van der Waals surface area (Å²) < 4.78 is 12.3. The number of thioether (sulfide) groups is 1. The van der Waals surface area contributed by atoms with Crippen molar-refractivity contribution < 1.29 is 14.3 Å². The molecule has 0 N–H and O–H groups in total. The Labute approximate surface area is 169 Å². The Morgan fingerprint density at radius 3 is 2.52 bits per heavy atom. The van der Waals surface area contributed by atoms with Crippen molar-refractivity contribution in [2.75, 3.05) is 13.2 Å². The van der Waals surface area contributed by atoms with E-state index in [1.54, 1.807) is 4.90 Å². The van der Waals surface area contributed by atoms with E-state index in [0.29, 0.717) is 40.5 Å². The molecule has 4 nitrogen and oxygen atoms in total. The van der Waals surface area contributed by atoms with Gasteiger partial charge in [-0.25, -0.2) is 0 Å². The number of carbonyl (C=O) groups excluding carboxylic acids is 1.